The van der Waals surface area contributed by atoms with Crippen LogP contribution in [0, 0.1) is 12.8 Å². The van der Waals surface area contributed by atoms with Crippen LogP contribution in [0.2, 0.25) is 0 Å². The molecule has 1 N–H and O–H groups in total. The van der Waals surface area contributed by atoms with Crippen molar-refractivity contribution in [1.29, 1.82) is 0 Å². The molecule has 0 aliphatic heterocycles. The fraction of sp³-hybridized carbons (Fsp3) is 0.316. The Balaban J connectivity index is 1.95. The highest BCUT2D eigenvalue weighted by atomic mass is 16.3. The van der Waals surface area contributed by atoms with Gasteiger partial charge in [0.25, 0.3) is 11.5 Å². The Labute approximate surface area is 145 Å². The second-order valence-electron chi connectivity index (χ2n) is 6.46. The molecule has 25 heavy (non-hydrogen) atoms. The van der Waals surface area contributed by atoms with Gasteiger partial charge in [0, 0.05) is 24.1 Å². The third-order valence-electron chi connectivity index (χ3n) is 4.31. The highest BCUT2D eigenvalue weighted by molar-refractivity contribution is 5.92. The van der Waals surface area contributed by atoms with E-state index in [2.05, 4.69) is 10.4 Å². The topological polar surface area (TPSA) is 77.1 Å². The first-order chi connectivity index (χ1) is 11.9. The summed E-state index contributed by atoms with van der Waals surface area (Å²) in [5.74, 6) is 0.527. The molecule has 0 spiro atoms. The summed E-state index contributed by atoms with van der Waals surface area (Å²) in [5, 5.41) is 8.03. The molecule has 0 saturated heterocycles. The number of carbonyl (C=O) groups excluding carboxylic acids is 1. The van der Waals surface area contributed by atoms with E-state index in [1.807, 2.05) is 45.0 Å². The standard InChI is InChI=1S/C19H21N3O3/c1-11(2)17(18-12(3)13-7-5-6-8-15(13)25-18)20-19(24)14-9-10-16(23)22(4)21-14/h5-11,17H,1-4H3,(H,20,24)/t17-/m1/s1. The highest BCUT2D eigenvalue weighted by Gasteiger charge is 2.26. The molecular formula is C19H21N3O3. The zero-order chi connectivity index (χ0) is 18.1. The molecule has 0 fully saturated rings. The molecule has 0 aliphatic carbocycles. The van der Waals surface area contributed by atoms with Crippen LogP contribution in [0.25, 0.3) is 11.0 Å². The highest BCUT2D eigenvalue weighted by Crippen LogP contribution is 2.32. The summed E-state index contributed by atoms with van der Waals surface area (Å²) in [6.07, 6.45) is 0. The molecule has 130 valence electrons. The van der Waals surface area contributed by atoms with Crippen molar-refractivity contribution in [2.75, 3.05) is 0 Å². The van der Waals surface area contributed by atoms with Gasteiger partial charge in [-0.25, -0.2) is 4.68 Å². The van der Waals surface area contributed by atoms with E-state index in [4.69, 9.17) is 4.42 Å². The zero-order valence-corrected chi connectivity index (χ0v) is 14.7. The Hall–Kier alpha value is -2.89. The number of fused-ring (bicyclic) bond motifs is 1. The summed E-state index contributed by atoms with van der Waals surface area (Å²) < 4.78 is 7.16. The maximum Gasteiger partial charge on any atom is 0.272 e. The van der Waals surface area contributed by atoms with Crippen molar-refractivity contribution >= 4 is 16.9 Å². The van der Waals surface area contributed by atoms with Crippen LogP contribution < -0.4 is 10.9 Å². The fourth-order valence-electron chi connectivity index (χ4n) is 2.86. The van der Waals surface area contributed by atoms with Gasteiger partial charge in [-0.05, 0) is 25.0 Å². The normalized spacial score (nSPS) is 12.5. The number of nitrogens with one attached hydrogen (secondary N) is 1. The van der Waals surface area contributed by atoms with Crippen LogP contribution in [0.5, 0.6) is 0 Å². The van der Waals surface area contributed by atoms with E-state index in [-0.39, 0.29) is 29.1 Å². The van der Waals surface area contributed by atoms with Gasteiger partial charge in [0.05, 0.1) is 6.04 Å². The van der Waals surface area contributed by atoms with Crippen LogP contribution >= 0.6 is 0 Å². The first-order valence-corrected chi connectivity index (χ1v) is 8.21. The minimum absolute atomic E-state index is 0.121. The van der Waals surface area contributed by atoms with Crippen LogP contribution in [-0.4, -0.2) is 15.7 Å². The van der Waals surface area contributed by atoms with Gasteiger partial charge in [-0.15, -0.1) is 0 Å². The monoisotopic (exact) mass is 339 g/mol. The van der Waals surface area contributed by atoms with Crippen molar-refractivity contribution in [3.8, 4) is 0 Å². The second-order valence-corrected chi connectivity index (χ2v) is 6.46. The number of carbonyl (C=O) groups is 1. The van der Waals surface area contributed by atoms with Crippen molar-refractivity contribution in [3.63, 3.8) is 0 Å². The minimum atomic E-state index is -0.339. The van der Waals surface area contributed by atoms with Gasteiger partial charge in [0.1, 0.15) is 17.0 Å². The molecule has 0 unspecified atom stereocenters. The number of aryl methyl sites for hydroxylation is 2. The molecule has 0 radical (unpaired) electrons. The predicted molar refractivity (Wildman–Crippen MR) is 95.5 cm³/mol. The Morgan fingerprint density at radius 1 is 1.20 bits per heavy atom. The number of para-hydroxylation sites is 1. The van der Waals surface area contributed by atoms with Gasteiger partial charge in [0.2, 0.25) is 0 Å². The van der Waals surface area contributed by atoms with E-state index >= 15 is 0 Å². The number of nitrogens with zero attached hydrogens (tertiary/aromatic N) is 2. The van der Waals surface area contributed by atoms with Crippen molar-refractivity contribution in [2.45, 2.75) is 26.8 Å². The molecule has 3 rings (SSSR count). The van der Waals surface area contributed by atoms with Crippen molar-refractivity contribution in [3.05, 3.63) is 63.8 Å². The van der Waals surface area contributed by atoms with Gasteiger partial charge < -0.3 is 9.73 Å². The molecule has 3 aromatic rings. The first-order valence-electron chi connectivity index (χ1n) is 8.21. The molecule has 1 aromatic carbocycles. The number of amides is 1. The second kappa shape index (κ2) is 6.55. The van der Waals surface area contributed by atoms with E-state index < -0.39 is 0 Å². The number of furan rings is 1. The summed E-state index contributed by atoms with van der Waals surface area (Å²) in [6, 6.07) is 10.3. The number of rotatable bonds is 4. The van der Waals surface area contributed by atoms with Gasteiger partial charge in [0.15, 0.2) is 0 Å². The lowest BCUT2D eigenvalue weighted by Gasteiger charge is -2.21. The van der Waals surface area contributed by atoms with Gasteiger partial charge in [-0.2, -0.15) is 5.10 Å². The number of aromatic nitrogens is 2. The van der Waals surface area contributed by atoms with E-state index in [0.717, 1.165) is 27.0 Å². The van der Waals surface area contributed by atoms with Crippen molar-refractivity contribution < 1.29 is 9.21 Å². The third-order valence-corrected chi connectivity index (χ3v) is 4.31. The summed E-state index contributed by atoms with van der Waals surface area (Å²) >= 11 is 0. The van der Waals surface area contributed by atoms with E-state index in [0.29, 0.717) is 0 Å². The maximum atomic E-state index is 12.6. The molecule has 1 atom stereocenters. The average Bonchev–Trinajstić information content (AvgIpc) is 2.91. The fourth-order valence-corrected chi connectivity index (χ4v) is 2.86. The van der Waals surface area contributed by atoms with Crippen LogP contribution in [0.1, 0.15) is 41.7 Å². The Bertz CT molecular complexity index is 985. The SMILES string of the molecule is Cc1c([C@H](NC(=O)c2ccc(=O)n(C)n2)C(C)C)oc2ccccc12. The minimum Gasteiger partial charge on any atom is -0.459 e. The van der Waals surface area contributed by atoms with Crippen LogP contribution in [-0.2, 0) is 7.05 Å². The third kappa shape index (κ3) is 3.20. The molecule has 1 amide bonds. The molecule has 6 heteroatoms. The quantitative estimate of drug-likeness (QED) is 0.793. The lowest BCUT2D eigenvalue weighted by molar-refractivity contribution is 0.0911. The Morgan fingerprint density at radius 2 is 1.92 bits per heavy atom. The molecule has 0 aliphatic rings. The maximum absolute atomic E-state index is 12.6. The lowest BCUT2D eigenvalue weighted by atomic mass is 9.98. The number of hydrogen-bond acceptors (Lipinski definition) is 4. The van der Waals surface area contributed by atoms with Crippen LogP contribution in [0.3, 0.4) is 0 Å². The Kier molecular flexibility index (Phi) is 4.44. The van der Waals surface area contributed by atoms with E-state index in [1.165, 1.54) is 19.2 Å². The molecule has 6 nitrogen and oxygen atoms in total. The lowest BCUT2D eigenvalue weighted by Crippen LogP contribution is -2.34. The zero-order valence-electron chi connectivity index (χ0n) is 14.7. The van der Waals surface area contributed by atoms with Crippen LogP contribution in [0.4, 0.5) is 0 Å². The van der Waals surface area contributed by atoms with E-state index in [1.54, 1.807) is 0 Å². The molecular weight excluding hydrogens is 318 g/mol. The summed E-state index contributed by atoms with van der Waals surface area (Å²) in [5.41, 5.74) is 1.75. The largest absolute Gasteiger partial charge is 0.459 e. The first kappa shape index (κ1) is 17.0. The van der Waals surface area contributed by atoms with E-state index in [9.17, 15) is 9.59 Å². The van der Waals surface area contributed by atoms with Crippen molar-refractivity contribution in [2.24, 2.45) is 13.0 Å². The molecule has 0 bridgehead atoms. The number of hydrogen-bond donors (Lipinski definition) is 1. The van der Waals surface area contributed by atoms with Gasteiger partial charge >= 0.3 is 0 Å². The molecule has 2 heterocycles. The van der Waals surface area contributed by atoms with Gasteiger partial charge in [-0.1, -0.05) is 32.0 Å². The smallest absolute Gasteiger partial charge is 0.272 e. The van der Waals surface area contributed by atoms with Crippen LogP contribution in [0.15, 0.2) is 45.6 Å². The average molecular weight is 339 g/mol. The molecule has 2 aromatic heterocycles. The number of benzene rings is 1. The Morgan fingerprint density at radius 3 is 2.56 bits per heavy atom. The molecule has 0 saturated carbocycles. The summed E-state index contributed by atoms with van der Waals surface area (Å²) in [4.78, 5) is 24.0. The summed E-state index contributed by atoms with van der Waals surface area (Å²) in [6.45, 7) is 6.03. The van der Waals surface area contributed by atoms with Crippen molar-refractivity contribution in [1.82, 2.24) is 15.1 Å². The predicted octanol–water partition coefficient (Wildman–Crippen LogP) is 2.96. The van der Waals surface area contributed by atoms with Gasteiger partial charge in [-0.3, -0.25) is 9.59 Å². The summed E-state index contributed by atoms with van der Waals surface area (Å²) in [7, 11) is 1.52.